The molecule has 0 aromatic carbocycles. The Bertz CT molecular complexity index is 4.85. The van der Waals surface area contributed by atoms with E-state index in [0.29, 0.717) is 0 Å². The zero-order valence-electron chi connectivity index (χ0n) is 3.02. The standard InChI is InChI=1S/3Ca.2N/q3*+2;2*-3. The molecule has 0 aliphatic heterocycles. The minimum atomic E-state index is 0. The number of nitrogens with zero attached hydrogens (tertiary/aromatic N) is 2. The zero-order valence-corrected chi connectivity index (χ0v) is 9.64. The summed E-state index contributed by atoms with van der Waals surface area (Å²) in [7, 11) is 0. The van der Waals surface area contributed by atoms with Gasteiger partial charge in [-0.15, -0.1) is 0 Å². The SMILES string of the molecule is [Ca+2].[Ca+2].[Ca+2].[N-3].[N-3]. The Kier molecular flexibility index (Phi) is 190. The summed E-state index contributed by atoms with van der Waals surface area (Å²) in [5, 5.41) is 0. The molecular weight excluding hydrogens is 148 g/mol. The van der Waals surface area contributed by atoms with Crippen LogP contribution in [0.1, 0.15) is 0 Å². The van der Waals surface area contributed by atoms with Crippen LogP contribution in [-0.4, -0.2) is 113 Å². The van der Waals surface area contributed by atoms with Gasteiger partial charge in [-0.2, -0.15) is 0 Å². The van der Waals surface area contributed by atoms with Crippen LogP contribution in [0.3, 0.4) is 0 Å². The summed E-state index contributed by atoms with van der Waals surface area (Å²) in [5.74, 6) is 0. The molecule has 0 rings (SSSR count). The molecule has 0 saturated carbocycles. The van der Waals surface area contributed by atoms with E-state index in [4.69, 9.17) is 0 Å². The molecule has 0 radical (unpaired) electrons. The van der Waals surface area contributed by atoms with E-state index in [2.05, 4.69) is 0 Å². The van der Waals surface area contributed by atoms with Crippen LogP contribution in [0.25, 0.3) is 12.3 Å². The molecule has 0 unspecified atom stereocenters. The topological polar surface area (TPSA) is 61.0 Å². The quantitative estimate of drug-likeness (QED) is 0.413. The second-order valence-electron chi connectivity index (χ2n) is 0. The largest absolute Gasteiger partial charge is 3.00 e. The van der Waals surface area contributed by atoms with E-state index in [1.807, 2.05) is 0 Å². The molecule has 0 saturated heterocycles. The average molecular weight is 148 g/mol. The second kappa shape index (κ2) is 25.3. The molecule has 0 fully saturated rings. The second-order valence-corrected chi connectivity index (χ2v) is 0. The maximum atomic E-state index is 0. The third-order valence-corrected chi connectivity index (χ3v) is 0. The molecule has 16 valence electrons. The van der Waals surface area contributed by atoms with Gasteiger partial charge >= 0.3 is 113 Å². The molecule has 0 amide bonds. The first kappa shape index (κ1) is 37.7. The van der Waals surface area contributed by atoms with Crippen LogP contribution in [0.2, 0.25) is 0 Å². The van der Waals surface area contributed by atoms with E-state index in [9.17, 15) is 0 Å². The summed E-state index contributed by atoms with van der Waals surface area (Å²) in [6.45, 7) is 0. The van der Waals surface area contributed by atoms with Gasteiger partial charge in [0, 0.05) is 0 Å². The molecular formula is Ca3N2. The molecule has 0 heterocycles. The molecule has 0 aliphatic rings. The molecule has 0 aliphatic carbocycles. The first-order valence-corrected chi connectivity index (χ1v) is 0. The Morgan fingerprint density at radius 3 is 0.400 bits per heavy atom. The number of hydrogen-bond donors (Lipinski definition) is 0. The Hall–Kier alpha value is 3.70. The molecule has 5 heavy (non-hydrogen) atoms. The van der Waals surface area contributed by atoms with Crippen molar-refractivity contribution in [3.8, 4) is 0 Å². The van der Waals surface area contributed by atoms with E-state index < -0.39 is 0 Å². The molecule has 0 spiro atoms. The first-order valence-electron chi connectivity index (χ1n) is 0. The fourth-order valence-electron chi connectivity index (χ4n) is 0. The fraction of sp³-hybridized carbons (Fsp3) is 0. The van der Waals surface area contributed by atoms with Crippen molar-refractivity contribution in [2.45, 2.75) is 0 Å². The van der Waals surface area contributed by atoms with Crippen molar-refractivity contribution in [1.82, 2.24) is 0 Å². The van der Waals surface area contributed by atoms with Crippen molar-refractivity contribution >= 4 is 113 Å². The molecule has 2 nitrogen and oxygen atoms in total. The van der Waals surface area contributed by atoms with Crippen LogP contribution in [0.5, 0.6) is 0 Å². The minimum Gasteiger partial charge on any atom is -3.00 e. The maximum Gasteiger partial charge on any atom is 2.00 e. The Balaban J connectivity index is 0. The Morgan fingerprint density at radius 2 is 0.400 bits per heavy atom. The Labute approximate surface area is 122 Å². The predicted molar refractivity (Wildman–Crippen MR) is 24.0 cm³/mol. The van der Waals surface area contributed by atoms with Crippen LogP contribution in [0.4, 0.5) is 0 Å². The molecule has 0 aromatic heterocycles. The van der Waals surface area contributed by atoms with Gasteiger partial charge in [-0.1, -0.05) is 0 Å². The van der Waals surface area contributed by atoms with Crippen molar-refractivity contribution < 1.29 is 0 Å². The van der Waals surface area contributed by atoms with Gasteiger partial charge in [-0.25, -0.2) is 0 Å². The molecule has 0 N–H and O–H groups in total. The average Bonchev–Trinajstić information content (AvgIpc) is 0. The van der Waals surface area contributed by atoms with Crippen LogP contribution < -0.4 is 0 Å². The predicted octanol–water partition coefficient (Wildman–Crippen LogP) is -0.565. The van der Waals surface area contributed by atoms with Crippen molar-refractivity contribution in [1.29, 1.82) is 0 Å². The molecule has 0 atom stereocenters. The molecule has 5 heteroatoms. The van der Waals surface area contributed by atoms with Gasteiger partial charge in [0.1, 0.15) is 0 Å². The normalized spacial score (nSPS) is 0. The number of rotatable bonds is 0. The maximum absolute atomic E-state index is 0. The minimum absolute atomic E-state index is 0. The first-order chi connectivity index (χ1) is 0. The van der Waals surface area contributed by atoms with Gasteiger partial charge in [0.25, 0.3) is 0 Å². The molecule has 0 bridgehead atoms. The summed E-state index contributed by atoms with van der Waals surface area (Å²) < 4.78 is 0. The van der Waals surface area contributed by atoms with E-state index in [-0.39, 0.29) is 126 Å². The van der Waals surface area contributed by atoms with Crippen LogP contribution >= 0.6 is 0 Å². The van der Waals surface area contributed by atoms with E-state index in [1.165, 1.54) is 0 Å². The van der Waals surface area contributed by atoms with Crippen molar-refractivity contribution in [3.05, 3.63) is 12.3 Å². The fourth-order valence-corrected chi connectivity index (χ4v) is 0. The van der Waals surface area contributed by atoms with Gasteiger partial charge in [0.05, 0.1) is 0 Å². The summed E-state index contributed by atoms with van der Waals surface area (Å²) in [4.78, 5) is 0. The van der Waals surface area contributed by atoms with Crippen LogP contribution in [0, 0.1) is 0 Å². The van der Waals surface area contributed by atoms with Gasteiger partial charge in [-0.3, -0.25) is 0 Å². The molecule has 0 aromatic rings. The number of hydrogen-bond acceptors (Lipinski definition) is 0. The van der Waals surface area contributed by atoms with Gasteiger partial charge in [0.2, 0.25) is 0 Å². The summed E-state index contributed by atoms with van der Waals surface area (Å²) >= 11 is 0. The smallest absolute Gasteiger partial charge is 2.00 e. The summed E-state index contributed by atoms with van der Waals surface area (Å²) in [5.41, 5.74) is 0. The van der Waals surface area contributed by atoms with Crippen LogP contribution in [-0.2, 0) is 0 Å². The van der Waals surface area contributed by atoms with E-state index >= 15 is 0 Å². The van der Waals surface area contributed by atoms with Crippen LogP contribution in [0.15, 0.2) is 0 Å². The van der Waals surface area contributed by atoms with Crippen molar-refractivity contribution in [2.24, 2.45) is 0 Å². The van der Waals surface area contributed by atoms with Gasteiger partial charge in [-0.05, 0) is 0 Å². The Morgan fingerprint density at radius 1 is 0.400 bits per heavy atom. The van der Waals surface area contributed by atoms with E-state index in [0.717, 1.165) is 0 Å². The third-order valence-electron chi connectivity index (χ3n) is 0. The zero-order chi connectivity index (χ0) is 0. The van der Waals surface area contributed by atoms with Gasteiger partial charge in [0.15, 0.2) is 0 Å². The van der Waals surface area contributed by atoms with Crippen molar-refractivity contribution in [3.63, 3.8) is 0 Å². The summed E-state index contributed by atoms with van der Waals surface area (Å²) in [6, 6.07) is 0. The van der Waals surface area contributed by atoms with E-state index in [1.54, 1.807) is 0 Å². The monoisotopic (exact) mass is 148 g/mol. The summed E-state index contributed by atoms with van der Waals surface area (Å²) in [6.07, 6.45) is 0. The van der Waals surface area contributed by atoms with Gasteiger partial charge < -0.3 is 12.3 Å². The third kappa shape index (κ3) is 18.3. The van der Waals surface area contributed by atoms with Crippen molar-refractivity contribution in [2.75, 3.05) is 0 Å².